The normalized spacial score (nSPS) is 42.9. The third kappa shape index (κ3) is 4.45. The first-order valence-corrected chi connectivity index (χ1v) is 13.7. The minimum absolute atomic E-state index is 0.111. The molecule has 3 fully saturated rings. The summed E-state index contributed by atoms with van der Waals surface area (Å²) in [4.78, 5) is 0. The molecule has 0 aliphatic heterocycles. The van der Waals surface area contributed by atoms with E-state index >= 15 is 0 Å². The summed E-state index contributed by atoms with van der Waals surface area (Å²) in [7, 11) is 0. The van der Waals surface area contributed by atoms with Gasteiger partial charge in [0.15, 0.2) is 0 Å². The summed E-state index contributed by atoms with van der Waals surface area (Å²) in [5.74, 6) is 2.15. The van der Waals surface area contributed by atoms with E-state index in [0.717, 1.165) is 24.8 Å². The second kappa shape index (κ2) is 9.63. The van der Waals surface area contributed by atoms with Gasteiger partial charge in [-0.3, -0.25) is 0 Å². The van der Waals surface area contributed by atoms with Gasteiger partial charge >= 0.3 is 0 Å². The fourth-order valence-electron chi connectivity index (χ4n) is 8.48. The van der Waals surface area contributed by atoms with Gasteiger partial charge in [-0.05, 0) is 81.5 Å². The lowest BCUT2D eigenvalue weighted by Gasteiger charge is -2.57. The third-order valence-corrected chi connectivity index (χ3v) is 10.3. The second-order valence-corrected chi connectivity index (χ2v) is 12.9. The molecule has 5 heteroatoms. The lowest BCUT2D eigenvalue weighted by atomic mass is 9.49. The summed E-state index contributed by atoms with van der Waals surface area (Å²) in [5.41, 5.74) is 1.91. The zero-order valence-corrected chi connectivity index (χ0v) is 22.0. The van der Waals surface area contributed by atoms with Crippen molar-refractivity contribution in [3.05, 3.63) is 23.3 Å². The van der Waals surface area contributed by atoms with Crippen molar-refractivity contribution in [1.29, 1.82) is 0 Å². The van der Waals surface area contributed by atoms with Gasteiger partial charge in [-0.2, -0.15) is 0 Å². The number of fused-ring (bicyclic) bond motifs is 5. The maximum absolute atomic E-state index is 11.5. The molecule has 4 aliphatic rings. The number of hydrogen-bond donors (Lipinski definition) is 4. The first kappa shape index (κ1) is 26.3. The first-order valence-electron chi connectivity index (χ1n) is 13.7. The molecule has 5 nitrogen and oxygen atoms in total. The van der Waals surface area contributed by atoms with Crippen LogP contribution in [0.25, 0.3) is 0 Å². The van der Waals surface area contributed by atoms with E-state index in [1.807, 2.05) is 13.8 Å². The van der Waals surface area contributed by atoms with Crippen LogP contribution in [0.15, 0.2) is 23.3 Å². The molecular formula is C29H48O5. The summed E-state index contributed by atoms with van der Waals surface area (Å²) in [5, 5.41) is 41.5. The van der Waals surface area contributed by atoms with E-state index in [1.165, 1.54) is 31.3 Å². The monoisotopic (exact) mass is 476 g/mol. The zero-order valence-electron chi connectivity index (χ0n) is 22.0. The second-order valence-electron chi connectivity index (χ2n) is 12.9. The van der Waals surface area contributed by atoms with Crippen LogP contribution in [-0.2, 0) is 4.74 Å². The molecule has 0 radical (unpaired) electrons. The van der Waals surface area contributed by atoms with Gasteiger partial charge in [0, 0.05) is 5.41 Å². The molecule has 0 heterocycles. The van der Waals surface area contributed by atoms with Crippen LogP contribution < -0.4 is 0 Å². The molecule has 4 rings (SSSR count). The van der Waals surface area contributed by atoms with E-state index in [9.17, 15) is 20.4 Å². The average Bonchev–Trinajstić information content (AvgIpc) is 3.11. The largest absolute Gasteiger partial charge is 0.394 e. The topological polar surface area (TPSA) is 90.2 Å². The highest BCUT2D eigenvalue weighted by Gasteiger charge is 2.60. The highest BCUT2D eigenvalue weighted by atomic mass is 16.5. The average molecular weight is 477 g/mol. The Morgan fingerprint density at radius 2 is 1.85 bits per heavy atom. The summed E-state index contributed by atoms with van der Waals surface area (Å²) in [6.45, 7) is 10.9. The molecule has 34 heavy (non-hydrogen) atoms. The Bertz CT molecular complexity index is 797. The fraction of sp³-hybridized carbons (Fsp3) is 0.862. The lowest BCUT2D eigenvalue weighted by Crippen LogP contribution is -2.59. The summed E-state index contributed by atoms with van der Waals surface area (Å²) in [6, 6.07) is 0. The predicted octanol–water partition coefficient (Wildman–Crippen LogP) is 4.38. The molecule has 0 bridgehead atoms. The van der Waals surface area contributed by atoms with E-state index in [0.29, 0.717) is 24.2 Å². The van der Waals surface area contributed by atoms with Gasteiger partial charge in [-0.15, -0.1) is 0 Å². The highest BCUT2D eigenvalue weighted by Crippen LogP contribution is 2.66. The number of aliphatic hydroxyl groups is 4. The first-order chi connectivity index (χ1) is 15.9. The Balaban J connectivity index is 1.54. The number of ether oxygens (including phenoxy) is 1. The van der Waals surface area contributed by atoms with Crippen LogP contribution in [0, 0.1) is 34.5 Å². The standard InChI is InChI=1S/C29H48O5/c1-18(7-6-13-27(2,3)33)21-10-11-22-20-9-8-19-17-24(31)25(34-16-15-30)26(32)29(19,5)23(20)12-14-28(21,22)4/h8-9,18,21-26,30-33H,6-7,10-17H2,1-5H3. The highest BCUT2D eigenvalue weighted by molar-refractivity contribution is 5.40. The van der Waals surface area contributed by atoms with Crippen LogP contribution in [0.5, 0.6) is 0 Å². The molecule has 0 saturated heterocycles. The molecule has 9 atom stereocenters. The third-order valence-electron chi connectivity index (χ3n) is 10.3. The molecular weight excluding hydrogens is 428 g/mol. The molecule has 0 aromatic carbocycles. The van der Waals surface area contributed by atoms with Gasteiger partial charge in [0.1, 0.15) is 6.10 Å². The van der Waals surface area contributed by atoms with Crippen molar-refractivity contribution < 1.29 is 25.2 Å². The quantitative estimate of drug-likeness (QED) is 0.417. The molecule has 0 aromatic rings. The number of hydrogen-bond acceptors (Lipinski definition) is 5. The van der Waals surface area contributed by atoms with Crippen molar-refractivity contribution in [1.82, 2.24) is 0 Å². The van der Waals surface area contributed by atoms with Crippen molar-refractivity contribution >= 4 is 0 Å². The minimum atomic E-state index is -0.787. The van der Waals surface area contributed by atoms with Gasteiger partial charge in [-0.25, -0.2) is 0 Å². The van der Waals surface area contributed by atoms with Crippen molar-refractivity contribution in [2.45, 2.75) is 110 Å². The molecule has 0 aromatic heterocycles. The Hall–Kier alpha value is -0.720. The Kier molecular flexibility index (Phi) is 7.46. The number of aliphatic hydroxyl groups excluding tert-OH is 3. The van der Waals surface area contributed by atoms with E-state index in [-0.39, 0.29) is 24.5 Å². The Labute approximate surface area is 206 Å². The fourth-order valence-corrected chi connectivity index (χ4v) is 8.48. The Morgan fingerprint density at radius 1 is 1.12 bits per heavy atom. The Morgan fingerprint density at radius 3 is 2.53 bits per heavy atom. The van der Waals surface area contributed by atoms with Crippen molar-refractivity contribution in [2.75, 3.05) is 13.2 Å². The van der Waals surface area contributed by atoms with Gasteiger partial charge in [0.05, 0.1) is 31.0 Å². The van der Waals surface area contributed by atoms with Gasteiger partial charge in [0.25, 0.3) is 0 Å². The predicted molar refractivity (Wildman–Crippen MR) is 134 cm³/mol. The van der Waals surface area contributed by atoms with Crippen LogP contribution >= 0.6 is 0 Å². The minimum Gasteiger partial charge on any atom is -0.394 e. The van der Waals surface area contributed by atoms with Crippen molar-refractivity contribution in [2.24, 2.45) is 34.5 Å². The van der Waals surface area contributed by atoms with E-state index in [2.05, 4.69) is 32.9 Å². The molecule has 0 amide bonds. The van der Waals surface area contributed by atoms with Gasteiger partial charge in [-0.1, -0.05) is 56.9 Å². The van der Waals surface area contributed by atoms with Crippen LogP contribution in [0.4, 0.5) is 0 Å². The van der Waals surface area contributed by atoms with E-state index < -0.39 is 29.3 Å². The van der Waals surface area contributed by atoms with E-state index in [4.69, 9.17) is 4.74 Å². The number of rotatable bonds is 8. The lowest BCUT2D eigenvalue weighted by molar-refractivity contribution is -0.164. The molecule has 4 N–H and O–H groups in total. The van der Waals surface area contributed by atoms with Crippen molar-refractivity contribution in [3.63, 3.8) is 0 Å². The summed E-state index contributed by atoms with van der Waals surface area (Å²) in [6.07, 6.45) is 10.6. The van der Waals surface area contributed by atoms with E-state index in [1.54, 1.807) is 0 Å². The zero-order chi connectivity index (χ0) is 24.9. The van der Waals surface area contributed by atoms with Gasteiger partial charge in [0.2, 0.25) is 0 Å². The smallest absolute Gasteiger partial charge is 0.110 e. The molecule has 9 unspecified atom stereocenters. The maximum Gasteiger partial charge on any atom is 0.110 e. The summed E-state index contributed by atoms with van der Waals surface area (Å²) < 4.78 is 5.75. The maximum atomic E-state index is 11.5. The molecule has 194 valence electrons. The molecule has 3 saturated carbocycles. The summed E-state index contributed by atoms with van der Waals surface area (Å²) >= 11 is 0. The van der Waals surface area contributed by atoms with Crippen LogP contribution in [0.2, 0.25) is 0 Å². The van der Waals surface area contributed by atoms with Crippen LogP contribution in [-0.4, -0.2) is 57.6 Å². The van der Waals surface area contributed by atoms with Gasteiger partial charge < -0.3 is 25.2 Å². The molecule has 0 spiro atoms. The van der Waals surface area contributed by atoms with Crippen molar-refractivity contribution in [3.8, 4) is 0 Å². The van der Waals surface area contributed by atoms with Crippen LogP contribution in [0.1, 0.15) is 86.0 Å². The number of allylic oxidation sites excluding steroid dienone is 3. The molecule has 4 aliphatic carbocycles. The SMILES string of the molecule is CC(CCCC(C)(C)O)C1CCC2C3=CC=C4CC(O)C(OCCO)C(O)C4(C)C3CCC21C. The van der Waals surface area contributed by atoms with Crippen LogP contribution in [0.3, 0.4) is 0 Å².